The van der Waals surface area contributed by atoms with Crippen LogP contribution >= 0.6 is 0 Å². The van der Waals surface area contributed by atoms with Crippen molar-refractivity contribution in [2.24, 2.45) is 0 Å². The van der Waals surface area contributed by atoms with E-state index in [1.807, 2.05) is 0 Å². The normalized spacial score (nSPS) is 18.8. The van der Waals surface area contributed by atoms with Crippen molar-refractivity contribution in [3.05, 3.63) is 18.0 Å². The van der Waals surface area contributed by atoms with E-state index in [4.69, 9.17) is 4.74 Å². The topological polar surface area (TPSA) is 67.3 Å². The SMILES string of the molecule is CC(=O)N1CCO[C@@H](CNc2nccc(CCC(F)(F)F)n2)C1. The highest BCUT2D eigenvalue weighted by Crippen LogP contribution is 2.21. The number of carbonyl (C=O) groups is 1. The number of ether oxygens (including phenoxy) is 1. The van der Waals surface area contributed by atoms with E-state index in [0.29, 0.717) is 31.9 Å². The Hall–Kier alpha value is -1.90. The highest BCUT2D eigenvalue weighted by molar-refractivity contribution is 5.73. The minimum absolute atomic E-state index is 0.0105. The maximum absolute atomic E-state index is 12.2. The Bertz CT molecular complexity index is 539. The summed E-state index contributed by atoms with van der Waals surface area (Å²) < 4.78 is 42.2. The number of amides is 1. The molecule has 1 N–H and O–H groups in total. The number of hydrogen-bond acceptors (Lipinski definition) is 5. The number of nitrogens with one attached hydrogen (secondary N) is 1. The quantitative estimate of drug-likeness (QED) is 0.888. The highest BCUT2D eigenvalue weighted by atomic mass is 19.4. The van der Waals surface area contributed by atoms with E-state index in [1.54, 1.807) is 4.90 Å². The first kappa shape index (κ1) is 17.5. The van der Waals surface area contributed by atoms with Gasteiger partial charge in [0.1, 0.15) is 0 Å². The Labute approximate surface area is 132 Å². The number of aromatic nitrogens is 2. The highest BCUT2D eigenvalue weighted by Gasteiger charge is 2.27. The second kappa shape index (κ2) is 7.58. The Balaban J connectivity index is 1.84. The summed E-state index contributed by atoms with van der Waals surface area (Å²) in [7, 11) is 0. The van der Waals surface area contributed by atoms with Crippen LogP contribution in [0.15, 0.2) is 12.3 Å². The second-order valence-electron chi connectivity index (χ2n) is 5.33. The zero-order valence-electron chi connectivity index (χ0n) is 12.8. The van der Waals surface area contributed by atoms with Crippen molar-refractivity contribution in [1.29, 1.82) is 0 Å². The van der Waals surface area contributed by atoms with Crippen LogP contribution in [0.5, 0.6) is 0 Å². The van der Waals surface area contributed by atoms with E-state index in [-0.39, 0.29) is 24.4 Å². The molecule has 2 rings (SSSR count). The van der Waals surface area contributed by atoms with Crippen LogP contribution in [0.1, 0.15) is 19.0 Å². The summed E-state index contributed by atoms with van der Waals surface area (Å²) in [6.07, 6.45) is -4.08. The van der Waals surface area contributed by atoms with Crippen molar-refractivity contribution in [1.82, 2.24) is 14.9 Å². The number of morpholine rings is 1. The molecular weight excluding hydrogens is 313 g/mol. The lowest BCUT2D eigenvalue weighted by molar-refractivity contribution is -0.136. The predicted molar refractivity (Wildman–Crippen MR) is 76.9 cm³/mol. The number of hydrogen-bond donors (Lipinski definition) is 1. The van der Waals surface area contributed by atoms with Crippen LogP contribution in [0.4, 0.5) is 19.1 Å². The molecule has 1 saturated heterocycles. The standard InChI is InChI=1S/C14H19F3N4O2/c1-10(22)21-6-7-23-12(9-21)8-19-13-18-5-3-11(20-13)2-4-14(15,16)17/h3,5,12H,2,4,6-9H2,1H3,(H,18,19,20)/t12-/m0/s1. The van der Waals surface area contributed by atoms with Gasteiger partial charge < -0.3 is 15.0 Å². The smallest absolute Gasteiger partial charge is 0.373 e. The maximum Gasteiger partial charge on any atom is 0.389 e. The summed E-state index contributed by atoms with van der Waals surface area (Å²) >= 11 is 0. The van der Waals surface area contributed by atoms with Crippen molar-refractivity contribution in [2.45, 2.75) is 32.0 Å². The maximum atomic E-state index is 12.2. The number of halogens is 3. The van der Waals surface area contributed by atoms with Crippen molar-refractivity contribution in [3.8, 4) is 0 Å². The van der Waals surface area contributed by atoms with E-state index in [2.05, 4.69) is 15.3 Å². The molecule has 128 valence electrons. The van der Waals surface area contributed by atoms with Crippen LogP contribution in [0, 0.1) is 0 Å². The fourth-order valence-electron chi connectivity index (χ4n) is 2.22. The van der Waals surface area contributed by atoms with Crippen LogP contribution in [-0.4, -0.2) is 59.3 Å². The fourth-order valence-corrected chi connectivity index (χ4v) is 2.22. The number of carbonyl (C=O) groups excluding carboxylic acids is 1. The van der Waals surface area contributed by atoms with E-state index in [9.17, 15) is 18.0 Å². The zero-order chi connectivity index (χ0) is 16.9. The molecule has 0 saturated carbocycles. The van der Waals surface area contributed by atoms with Gasteiger partial charge in [-0.15, -0.1) is 0 Å². The first-order valence-electron chi connectivity index (χ1n) is 7.33. The van der Waals surface area contributed by atoms with Gasteiger partial charge in [0.05, 0.1) is 12.7 Å². The molecule has 6 nitrogen and oxygen atoms in total. The molecule has 9 heteroatoms. The van der Waals surface area contributed by atoms with Crippen LogP contribution in [0.3, 0.4) is 0 Å². The van der Waals surface area contributed by atoms with E-state index < -0.39 is 12.6 Å². The molecule has 0 bridgehead atoms. The molecule has 0 radical (unpaired) electrons. The summed E-state index contributed by atoms with van der Waals surface area (Å²) in [4.78, 5) is 21.1. The molecule has 1 aromatic heterocycles. The number of nitrogens with zero attached hydrogens (tertiary/aromatic N) is 3. The number of aryl methyl sites for hydroxylation is 1. The largest absolute Gasteiger partial charge is 0.389 e. The van der Waals surface area contributed by atoms with Gasteiger partial charge in [-0.05, 0) is 12.5 Å². The van der Waals surface area contributed by atoms with E-state index >= 15 is 0 Å². The van der Waals surface area contributed by atoms with Crippen molar-refractivity contribution in [3.63, 3.8) is 0 Å². The van der Waals surface area contributed by atoms with Crippen molar-refractivity contribution in [2.75, 3.05) is 31.6 Å². The zero-order valence-corrected chi connectivity index (χ0v) is 12.8. The first-order valence-corrected chi connectivity index (χ1v) is 7.33. The molecule has 1 amide bonds. The molecular formula is C14H19F3N4O2. The Morgan fingerprint density at radius 2 is 2.30 bits per heavy atom. The lowest BCUT2D eigenvalue weighted by Crippen LogP contribution is -2.47. The molecule has 0 spiro atoms. The van der Waals surface area contributed by atoms with Crippen molar-refractivity contribution < 1.29 is 22.7 Å². The third-order valence-electron chi connectivity index (χ3n) is 3.45. The van der Waals surface area contributed by atoms with Gasteiger partial charge in [0, 0.05) is 44.9 Å². The van der Waals surface area contributed by atoms with Gasteiger partial charge >= 0.3 is 6.18 Å². The average Bonchev–Trinajstić information content (AvgIpc) is 2.51. The molecule has 0 aromatic carbocycles. The minimum Gasteiger partial charge on any atom is -0.373 e. The van der Waals surface area contributed by atoms with Crippen LogP contribution in [-0.2, 0) is 16.0 Å². The number of anilines is 1. The van der Waals surface area contributed by atoms with E-state index in [0.717, 1.165) is 0 Å². The van der Waals surface area contributed by atoms with Gasteiger partial charge in [0.25, 0.3) is 0 Å². The molecule has 1 atom stereocenters. The average molecular weight is 332 g/mol. The van der Waals surface area contributed by atoms with Crippen molar-refractivity contribution >= 4 is 11.9 Å². The van der Waals surface area contributed by atoms with Gasteiger partial charge in [-0.25, -0.2) is 9.97 Å². The lowest BCUT2D eigenvalue weighted by atomic mass is 10.2. The summed E-state index contributed by atoms with van der Waals surface area (Å²) in [5.41, 5.74) is 0.328. The molecule has 1 fully saturated rings. The third-order valence-corrected chi connectivity index (χ3v) is 3.45. The molecule has 23 heavy (non-hydrogen) atoms. The predicted octanol–water partition coefficient (Wildman–Crippen LogP) is 1.63. The summed E-state index contributed by atoms with van der Waals surface area (Å²) in [5.74, 6) is 0.247. The third kappa shape index (κ3) is 6.01. The Morgan fingerprint density at radius 3 is 3.00 bits per heavy atom. The molecule has 0 unspecified atom stereocenters. The molecule has 1 aliphatic heterocycles. The number of alkyl halides is 3. The van der Waals surface area contributed by atoms with Gasteiger partial charge in [0.2, 0.25) is 11.9 Å². The lowest BCUT2D eigenvalue weighted by Gasteiger charge is -2.32. The summed E-state index contributed by atoms with van der Waals surface area (Å²) in [6, 6.07) is 1.46. The molecule has 2 heterocycles. The Kier molecular flexibility index (Phi) is 5.75. The van der Waals surface area contributed by atoms with E-state index in [1.165, 1.54) is 19.2 Å². The summed E-state index contributed by atoms with van der Waals surface area (Å²) in [5, 5.41) is 2.94. The van der Waals surface area contributed by atoms with Crippen LogP contribution in [0.25, 0.3) is 0 Å². The first-order chi connectivity index (χ1) is 10.8. The Morgan fingerprint density at radius 1 is 1.52 bits per heavy atom. The minimum atomic E-state index is -4.20. The van der Waals surface area contributed by atoms with Gasteiger partial charge in [-0.3, -0.25) is 4.79 Å². The summed E-state index contributed by atoms with van der Waals surface area (Å²) in [6.45, 7) is 3.37. The monoisotopic (exact) mass is 332 g/mol. The molecule has 0 aliphatic carbocycles. The number of rotatable bonds is 5. The van der Waals surface area contributed by atoms with Crippen LogP contribution < -0.4 is 5.32 Å². The second-order valence-corrected chi connectivity index (χ2v) is 5.33. The molecule has 1 aromatic rings. The van der Waals surface area contributed by atoms with Gasteiger partial charge in [-0.2, -0.15) is 13.2 Å². The van der Waals surface area contributed by atoms with Gasteiger partial charge in [-0.1, -0.05) is 0 Å². The van der Waals surface area contributed by atoms with Crippen LogP contribution in [0.2, 0.25) is 0 Å². The van der Waals surface area contributed by atoms with Gasteiger partial charge in [0.15, 0.2) is 0 Å². The fraction of sp³-hybridized carbons (Fsp3) is 0.643. The molecule has 1 aliphatic rings.